The van der Waals surface area contributed by atoms with E-state index < -0.39 is 39.8 Å². The van der Waals surface area contributed by atoms with E-state index in [0.717, 1.165) is 32.0 Å². The lowest BCUT2D eigenvalue weighted by molar-refractivity contribution is 0.0114. The summed E-state index contributed by atoms with van der Waals surface area (Å²) < 4.78 is 63.4. The molecule has 224 valence electrons. The van der Waals surface area contributed by atoms with Gasteiger partial charge in [0.15, 0.2) is 0 Å². The molecule has 2 atom stereocenters. The molecule has 2 aromatic carbocycles. The van der Waals surface area contributed by atoms with Crippen LogP contribution >= 0.6 is 11.6 Å². The fourth-order valence-corrected chi connectivity index (χ4v) is 8.54. The highest BCUT2D eigenvalue weighted by molar-refractivity contribution is 7.89. The molecule has 11 heteroatoms. The number of piperidine rings is 3. The van der Waals surface area contributed by atoms with Crippen molar-refractivity contribution in [1.82, 2.24) is 14.1 Å². The van der Waals surface area contributed by atoms with Gasteiger partial charge in [0, 0.05) is 29.7 Å². The van der Waals surface area contributed by atoms with Crippen molar-refractivity contribution in [2.24, 2.45) is 0 Å². The van der Waals surface area contributed by atoms with Crippen LogP contribution in [0.15, 0.2) is 47.4 Å². The number of sulfonamides is 1. The van der Waals surface area contributed by atoms with E-state index in [9.17, 15) is 22.0 Å². The van der Waals surface area contributed by atoms with Crippen molar-refractivity contribution in [2.45, 2.75) is 80.8 Å². The van der Waals surface area contributed by atoms with Crippen LogP contribution in [0.2, 0.25) is 5.02 Å². The molecule has 0 bridgehead atoms. The summed E-state index contributed by atoms with van der Waals surface area (Å²) in [7, 11) is -4.13. The van der Waals surface area contributed by atoms with Crippen molar-refractivity contribution in [1.29, 1.82) is 0 Å². The minimum Gasteiger partial charge on any atom is -0.448 e. The van der Waals surface area contributed by atoms with E-state index in [-0.39, 0.29) is 22.6 Å². The molecule has 0 spiro atoms. The van der Waals surface area contributed by atoms with Gasteiger partial charge < -0.3 is 9.64 Å². The predicted molar refractivity (Wildman–Crippen MR) is 153 cm³/mol. The van der Waals surface area contributed by atoms with Gasteiger partial charge in [-0.3, -0.25) is 4.90 Å². The molecule has 2 aromatic rings. The van der Waals surface area contributed by atoms with Crippen LogP contribution in [-0.4, -0.2) is 73.0 Å². The highest BCUT2D eigenvalue weighted by atomic mass is 35.5. The number of rotatable bonds is 6. The molecular weight excluding hydrogens is 572 g/mol. The third-order valence-electron chi connectivity index (χ3n) is 8.96. The summed E-state index contributed by atoms with van der Waals surface area (Å²) in [6, 6.07) is 7.36. The Morgan fingerprint density at radius 2 is 1.59 bits per heavy atom. The van der Waals surface area contributed by atoms with Crippen LogP contribution in [0.25, 0.3) is 0 Å². The highest BCUT2D eigenvalue weighted by Gasteiger charge is 2.42. The molecule has 3 saturated heterocycles. The number of carbonyl (C=O) groups excluding carboxylic acids is 1. The van der Waals surface area contributed by atoms with Gasteiger partial charge in [-0.1, -0.05) is 18.0 Å². The maximum absolute atomic E-state index is 14.2. The maximum Gasteiger partial charge on any atom is 0.409 e. The Balaban J connectivity index is 1.32. The van der Waals surface area contributed by atoms with Gasteiger partial charge in [-0.15, -0.1) is 0 Å². The molecule has 3 aliphatic heterocycles. The largest absolute Gasteiger partial charge is 0.448 e. The highest BCUT2D eigenvalue weighted by Crippen LogP contribution is 2.40. The van der Waals surface area contributed by atoms with Crippen molar-refractivity contribution in [2.75, 3.05) is 32.8 Å². The second-order valence-corrected chi connectivity index (χ2v) is 14.0. The van der Waals surface area contributed by atoms with Gasteiger partial charge in [-0.25, -0.2) is 22.0 Å². The van der Waals surface area contributed by atoms with Crippen molar-refractivity contribution in [3.63, 3.8) is 0 Å². The number of carbonyl (C=O) groups is 1. The molecule has 0 unspecified atom stereocenters. The lowest BCUT2D eigenvalue weighted by atomic mass is 9.86. The van der Waals surface area contributed by atoms with E-state index in [1.165, 1.54) is 60.0 Å². The average Bonchev–Trinajstić information content (AvgIpc) is 2.96. The van der Waals surface area contributed by atoms with E-state index in [0.29, 0.717) is 37.4 Å². The molecule has 3 aliphatic rings. The number of nitrogens with zero attached hydrogens (tertiary/aromatic N) is 3. The van der Waals surface area contributed by atoms with Crippen LogP contribution in [0, 0.1) is 11.6 Å². The Kier molecular flexibility index (Phi) is 9.23. The van der Waals surface area contributed by atoms with Crippen molar-refractivity contribution < 1.29 is 26.7 Å². The summed E-state index contributed by atoms with van der Waals surface area (Å²) >= 11 is 6.00. The van der Waals surface area contributed by atoms with Gasteiger partial charge in [-0.2, -0.15) is 4.31 Å². The van der Waals surface area contributed by atoms with Crippen molar-refractivity contribution in [3.8, 4) is 0 Å². The monoisotopic (exact) mass is 609 g/mol. The number of hydrogen-bond acceptors (Lipinski definition) is 5. The lowest BCUT2D eigenvalue weighted by Crippen LogP contribution is -2.56. The molecule has 3 fully saturated rings. The number of likely N-dealkylation sites (tertiary alicyclic amines) is 2. The number of benzene rings is 2. The van der Waals surface area contributed by atoms with E-state index in [2.05, 4.69) is 11.8 Å². The zero-order valence-corrected chi connectivity index (χ0v) is 25.0. The minimum absolute atomic E-state index is 0.00929. The van der Waals surface area contributed by atoms with Gasteiger partial charge in [0.2, 0.25) is 10.0 Å². The first-order chi connectivity index (χ1) is 19.6. The topological polar surface area (TPSA) is 70.2 Å². The normalized spacial score (nSPS) is 24.2. The third kappa shape index (κ3) is 6.71. The fourth-order valence-electron chi connectivity index (χ4n) is 6.57. The number of amides is 1. The molecule has 3 heterocycles. The summed E-state index contributed by atoms with van der Waals surface area (Å²) in [6.07, 6.45) is 6.37. The van der Waals surface area contributed by atoms with Crippen LogP contribution in [0.3, 0.4) is 0 Å². The Bertz CT molecular complexity index is 1310. The second-order valence-electron chi connectivity index (χ2n) is 11.7. The van der Waals surface area contributed by atoms with Crippen LogP contribution < -0.4 is 0 Å². The zero-order chi connectivity index (χ0) is 29.2. The second kappa shape index (κ2) is 12.5. The van der Waals surface area contributed by atoms with Crippen LogP contribution in [-0.2, 0) is 14.8 Å². The average molecular weight is 610 g/mol. The molecule has 1 amide bonds. The molecule has 41 heavy (non-hydrogen) atoms. The van der Waals surface area contributed by atoms with Gasteiger partial charge in [0.05, 0.1) is 17.0 Å². The summed E-state index contributed by atoms with van der Waals surface area (Å²) in [5, 5.41) is 0.384. The van der Waals surface area contributed by atoms with Crippen LogP contribution in [0.5, 0.6) is 0 Å². The minimum atomic E-state index is -4.13. The van der Waals surface area contributed by atoms with E-state index >= 15 is 0 Å². The van der Waals surface area contributed by atoms with Gasteiger partial charge in [0.25, 0.3) is 0 Å². The van der Waals surface area contributed by atoms with Crippen molar-refractivity contribution in [3.05, 3.63) is 64.7 Å². The molecule has 0 aliphatic carbocycles. The number of halogens is 3. The molecular formula is C30H38ClF2N3O4S. The summed E-state index contributed by atoms with van der Waals surface area (Å²) in [6.45, 7) is 5.47. The van der Waals surface area contributed by atoms with Crippen LogP contribution in [0.4, 0.5) is 13.6 Å². The first kappa shape index (κ1) is 30.2. The first-order valence-corrected chi connectivity index (χ1v) is 16.3. The lowest BCUT2D eigenvalue weighted by Gasteiger charge is -2.48. The van der Waals surface area contributed by atoms with E-state index in [1.807, 2.05) is 0 Å². The van der Waals surface area contributed by atoms with Gasteiger partial charge in [0.1, 0.15) is 18.2 Å². The van der Waals surface area contributed by atoms with Crippen LogP contribution in [0.1, 0.15) is 69.9 Å². The SMILES string of the molecule is CC1(N2CCCCC2)CCN(C(=O)OC[C@H]2CCC[C@@H](c3cc(F)cc(F)c3)N2S(=O)(=O)c2ccc(Cl)cc2)CC1. The Morgan fingerprint density at radius 3 is 2.22 bits per heavy atom. The summed E-state index contributed by atoms with van der Waals surface area (Å²) in [5.74, 6) is -1.56. The quantitative estimate of drug-likeness (QED) is 0.380. The molecule has 0 N–H and O–H groups in total. The smallest absolute Gasteiger partial charge is 0.409 e. The third-order valence-corrected chi connectivity index (χ3v) is 11.2. The Labute approximate surface area is 246 Å². The Morgan fingerprint density at radius 1 is 0.951 bits per heavy atom. The molecule has 0 saturated carbocycles. The van der Waals surface area contributed by atoms with Crippen molar-refractivity contribution >= 4 is 27.7 Å². The molecule has 0 radical (unpaired) electrons. The standard InChI is InChI=1S/C30H38ClF2N3O4S/c1-30(35-14-3-2-4-15-35)12-16-34(17-13-30)29(37)40-21-26-6-5-7-28(22-18-24(32)20-25(33)19-22)36(26)41(38,39)27-10-8-23(31)9-11-27/h8-11,18-20,26,28H,2-7,12-17,21H2,1H3/t26-,28+/m1/s1. The molecule has 7 nitrogen and oxygen atoms in total. The number of hydrogen-bond donors (Lipinski definition) is 0. The molecule has 5 rings (SSSR count). The predicted octanol–water partition coefficient (Wildman–Crippen LogP) is 6.38. The maximum atomic E-state index is 14.2. The van der Waals surface area contributed by atoms with E-state index in [1.54, 1.807) is 4.90 Å². The Hall–Kier alpha value is -2.27. The summed E-state index contributed by atoms with van der Waals surface area (Å²) in [5.41, 5.74) is 0.293. The van der Waals surface area contributed by atoms with Gasteiger partial charge in [-0.05, 0) is 107 Å². The zero-order valence-electron chi connectivity index (χ0n) is 23.4. The van der Waals surface area contributed by atoms with Gasteiger partial charge >= 0.3 is 6.09 Å². The number of ether oxygens (including phenoxy) is 1. The summed E-state index contributed by atoms with van der Waals surface area (Å²) in [4.78, 5) is 17.4. The fraction of sp³-hybridized carbons (Fsp3) is 0.567. The first-order valence-electron chi connectivity index (χ1n) is 14.5. The van der Waals surface area contributed by atoms with E-state index in [4.69, 9.17) is 16.3 Å². The molecule has 0 aromatic heterocycles.